The Hall–Kier alpha value is -1.14. The Morgan fingerprint density at radius 2 is 2.45 bits per heavy atom. The van der Waals surface area contributed by atoms with E-state index in [1.54, 1.807) is 19.3 Å². The molecule has 0 radical (unpaired) electrons. The van der Waals surface area contributed by atoms with Crippen LogP contribution in [0.2, 0.25) is 0 Å². The Labute approximate surface area is 127 Å². The van der Waals surface area contributed by atoms with Crippen LogP contribution >= 0.6 is 15.9 Å². The average Bonchev–Trinajstić information content (AvgIpc) is 2.97. The first-order valence-corrected chi connectivity index (χ1v) is 7.69. The van der Waals surface area contributed by atoms with E-state index in [9.17, 15) is 4.79 Å². The van der Waals surface area contributed by atoms with E-state index in [0.29, 0.717) is 24.5 Å². The number of carbonyl (C=O) groups is 1. The molecule has 1 N–H and O–H groups in total. The Morgan fingerprint density at radius 3 is 3.05 bits per heavy atom. The lowest BCUT2D eigenvalue weighted by Gasteiger charge is -2.24. The second-order valence-corrected chi connectivity index (χ2v) is 5.69. The number of amides is 1. The molecule has 5 nitrogen and oxygen atoms in total. The highest BCUT2D eigenvalue weighted by molar-refractivity contribution is 9.10. The normalized spacial score (nSPS) is 18.1. The van der Waals surface area contributed by atoms with E-state index in [0.717, 1.165) is 23.9 Å². The van der Waals surface area contributed by atoms with Gasteiger partial charge in [0.1, 0.15) is 5.82 Å². The molecular formula is C14H20BrN3O2. The predicted octanol–water partition coefficient (Wildman–Crippen LogP) is 2.53. The molecule has 0 aromatic carbocycles. The summed E-state index contributed by atoms with van der Waals surface area (Å²) in [6.07, 6.45) is 3.95. The van der Waals surface area contributed by atoms with E-state index in [1.807, 2.05) is 11.8 Å². The number of nitrogens with one attached hydrogen (secondary N) is 1. The lowest BCUT2D eigenvalue weighted by Crippen LogP contribution is -2.37. The molecule has 1 aromatic heterocycles. The van der Waals surface area contributed by atoms with Crippen LogP contribution in [0.25, 0.3) is 0 Å². The minimum absolute atomic E-state index is 0.0128. The quantitative estimate of drug-likeness (QED) is 0.894. The standard InChI is InChI=1S/C14H20BrN3O2/c1-3-18(9-11-5-4-6-20-11)14(19)12-7-10(15)8-17-13(12)16-2/h7-8,11H,3-6,9H2,1-2H3,(H,16,17). The number of ether oxygens (including phenoxy) is 1. The van der Waals surface area contributed by atoms with E-state index < -0.39 is 0 Å². The van der Waals surface area contributed by atoms with E-state index in [2.05, 4.69) is 26.2 Å². The number of hydrogen-bond acceptors (Lipinski definition) is 4. The number of aromatic nitrogens is 1. The summed E-state index contributed by atoms with van der Waals surface area (Å²) in [6, 6.07) is 1.80. The monoisotopic (exact) mass is 341 g/mol. The summed E-state index contributed by atoms with van der Waals surface area (Å²) >= 11 is 3.37. The summed E-state index contributed by atoms with van der Waals surface area (Å²) < 4.78 is 6.42. The van der Waals surface area contributed by atoms with Crippen LogP contribution in [0.15, 0.2) is 16.7 Å². The Bertz CT molecular complexity index is 475. The SMILES string of the molecule is CCN(CC1CCCO1)C(=O)c1cc(Br)cnc1NC. The molecule has 0 saturated carbocycles. The van der Waals surface area contributed by atoms with Crippen molar-refractivity contribution in [2.75, 3.05) is 32.1 Å². The maximum absolute atomic E-state index is 12.7. The van der Waals surface area contributed by atoms with Crippen LogP contribution in [0.3, 0.4) is 0 Å². The van der Waals surface area contributed by atoms with Gasteiger partial charge in [0.25, 0.3) is 5.91 Å². The Morgan fingerprint density at radius 1 is 1.65 bits per heavy atom. The maximum atomic E-state index is 12.7. The van der Waals surface area contributed by atoms with Gasteiger partial charge in [-0.1, -0.05) is 0 Å². The summed E-state index contributed by atoms with van der Waals surface area (Å²) in [5.41, 5.74) is 0.585. The number of hydrogen-bond donors (Lipinski definition) is 1. The van der Waals surface area contributed by atoms with Crippen molar-refractivity contribution in [3.8, 4) is 0 Å². The summed E-state index contributed by atoms with van der Waals surface area (Å²) in [4.78, 5) is 18.7. The van der Waals surface area contributed by atoms with E-state index in [4.69, 9.17) is 4.74 Å². The molecule has 1 aliphatic rings. The third-order valence-corrected chi connectivity index (χ3v) is 3.87. The van der Waals surface area contributed by atoms with Crippen LogP contribution < -0.4 is 5.32 Å². The number of carbonyl (C=O) groups excluding carboxylic acids is 1. The van der Waals surface area contributed by atoms with Crippen LogP contribution in [0.4, 0.5) is 5.82 Å². The second-order valence-electron chi connectivity index (χ2n) is 4.78. The van der Waals surface area contributed by atoms with Gasteiger partial charge in [-0.2, -0.15) is 0 Å². The first kappa shape index (κ1) is 15.3. The first-order chi connectivity index (χ1) is 9.65. The van der Waals surface area contributed by atoms with E-state index >= 15 is 0 Å². The molecule has 1 atom stereocenters. The van der Waals surface area contributed by atoms with Crippen molar-refractivity contribution in [1.82, 2.24) is 9.88 Å². The van der Waals surface area contributed by atoms with Crippen LogP contribution in [0, 0.1) is 0 Å². The molecule has 6 heteroatoms. The summed E-state index contributed by atoms with van der Waals surface area (Å²) in [5.74, 6) is 0.588. The molecule has 2 heterocycles. The molecule has 0 bridgehead atoms. The number of pyridine rings is 1. The van der Waals surface area contributed by atoms with Gasteiger partial charge in [-0.15, -0.1) is 0 Å². The third kappa shape index (κ3) is 3.49. The molecule has 0 spiro atoms. The highest BCUT2D eigenvalue weighted by Gasteiger charge is 2.24. The van der Waals surface area contributed by atoms with Crippen molar-refractivity contribution in [3.63, 3.8) is 0 Å². The van der Waals surface area contributed by atoms with Crippen LogP contribution in [0.1, 0.15) is 30.1 Å². The topological polar surface area (TPSA) is 54.5 Å². The molecule has 0 aliphatic carbocycles. The smallest absolute Gasteiger partial charge is 0.257 e. The zero-order valence-corrected chi connectivity index (χ0v) is 13.4. The predicted molar refractivity (Wildman–Crippen MR) is 82.0 cm³/mol. The fourth-order valence-corrected chi connectivity index (χ4v) is 2.69. The largest absolute Gasteiger partial charge is 0.376 e. The van der Waals surface area contributed by atoms with Crippen molar-refractivity contribution in [3.05, 3.63) is 22.3 Å². The average molecular weight is 342 g/mol. The molecule has 1 aliphatic heterocycles. The minimum Gasteiger partial charge on any atom is -0.376 e. The van der Waals surface area contributed by atoms with Gasteiger partial charge in [0.05, 0.1) is 11.7 Å². The molecule has 1 fully saturated rings. The van der Waals surface area contributed by atoms with E-state index in [-0.39, 0.29) is 12.0 Å². The number of rotatable bonds is 5. The highest BCUT2D eigenvalue weighted by Crippen LogP contribution is 2.21. The van der Waals surface area contributed by atoms with Gasteiger partial charge in [0.2, 0.25) is 0 Å². The number of nitrogens with zero attached hydrogens (tertiary/aromatic N) is 2. The highest BCUT2D eigenvalue weighted by atomic mass is 79.9. The van der Waals surface area contributed by atoms with Gasteiger partial charge in [-0.25, -0.2) is 4.98 Å². The molecule has 110 valence electrons. The van der Waals surface area contributed by atoms with Gasteiger partial charge in [-0.3, -0.25) is 4.79 Å². The fraction of sp³-hybridized carbons (Fsp3) is 0.571. The molecule has 1 saturated heterocycles. The van der Waals surface area contributed by atoms with Crippen molar-refractivity contribution >= 4 is 27.7 Å². The van der Waals surface area contributed by atoms with Crippen molar-refractivity contribution in [1.29, 1.82) is 0 Å². The lowest BCUT2D eigenvalue weighted by molar-refractivity contribution is 0.0539. The zero-order chi connectivity index (χ0) is 14.5. The van der Waals surface area contributed by atoms with Crippen molar-refractivity contribution in [2.45, 2.75) is 25.9 Å². The van der Waals surface area contributed by atoms with Crippen LogP contribution in [0.5, 0.6) is 0 Å². The van der Waals surface area contributed by atoms with Gasteiger partial charge in [0, 0.05) is 37.4 Å². The molecule has 20 heavy (non-hydrogen) atoms. The Balaban J connectivity index is 2.16. The number of halogens is 1. The van der Waals surface area contributed by atoms with E-state index in [1.165, 1.54) is 0 Å². The van der Waals surface area contributed by atoms with Crippen molar-refractivity contribution < 1.29 is 9.53 Å². The molecular weight excluding hydrogens is 322 g/mol. The molecule has 1 unspecified atom stereocenters. The lowest BCUT2D eigenvalue weighted by atomic mass is 10.2. The minimum atomic E-state index is -0.0128. The van der Waals surface area contributed by atoms with Gasteiger partial charge >= 0.3 is 0 Å². The molecule has 1 aromatic rings. The zero-order valence-electron chi connectivity index (χ0n) is 11.9. The number of likely N-dealkylation sites (N-methyl/N-ethyl adjacent to an activating group) is 1. The van der Waals surface area contributed by atoms with Crippen LogP contribution in [-0.4, -0.2) is 48.6 Å². The Kier molecular flexibility index (Phi) is 5.37. The molecule has 1 amide bonds. The summed E-state index contributed by atoms with van der Waals surface area (Å²) in [7, 11) is 1.77. The first-order valence-electron chi connectivity index (χ1n) is 6.89. The number of anilines is 1. The van der Waals surface area contributed by atoms with Gasteiger partial charge in [0.15, 0.2) is 0 Å². The third-order valence-electron chi connectivity index (χ3n) is 3.44. The van der Waals surface area contributed by atoms with Gasteiger partial charge in [-0.05, 0) is 41.8 Å². The van der Waals surface area contributed by atoms with Gasteiger partial charge < -0.3 is 15.0 Å². The second kappa shape index (κ2) is 7.04. The molecule has 2 rings (SSSR count). The summed E-state index contributed by atoms with van der Waals surface area (Å²) in [5, 5.41) is 2.97. The van der Waals surface area contributed by atoms with Crippen LogP contribution in [-0.2, 0) is 4.74 Å². The fourth-order valence-electron chi connectivity index (χ4n) is 2.36. The van der Waals surface area contributed by atoms with Crippen molar-refractivity contribution in [2.24, 2.45) is 0 Å². The maximum Gasteiger partial charge on any atom is 0.257 e. The summed E-state index contributed by atoms with van der Waals surface area (Å²) in [6.45, 7) is 4.09.